The number of amides is 1. The van der Waals surface area contributed by atoms with Gasteiger partial charge in [-0.25, -0.2) is 9.97 Å². The maximum absolute atomic E-state index is 12.0. The lowest BCUT2D eigenvalue weighted by molar-refractivity contribution is 0.0948. The van der Waals surface area contributed by atoms with E-state index in [1.807, 2.05) is 0 Å². The molecule has 1 atom stereocenters. The molecule has 2 rings (SSSR count). The molecule has 1 aliphatic rings. The first-order chi connectivity index (χ1) is 10.1. The van der Waals surface area contributed by atoms with Crippen molar-refractivity contribution in [3.8, 4) is 0 Å². The van der Waals surface area contributed by atoms with Gasteiger partial charge in [0.2, 0.25) is 5.95 Å². The van der Waals surface area contributed by atoms with Crippen molar-refractivity contribution in [2.24, 2.45) is 5.92 Å². The SMILES string of the molecule is CCC1CCCCN1c1ncc(C(=O)NCC(C)C)cn1. The van der Waals surface area contributed by atoms with Gasteiger partial charge in [0.15, 0.2) is 0 Å². The molecule has 1 amide bonds. The van der Waals surface area contributed by atoms with Gasteiger partial charge >= 0.3 is 0 Å². The zero-order valence-corrected chi connectivity index (χ0v) is 13.3. The van der Waals surface area contributed by atoms with Crippen molar-refractivity contribution in [2.45, 2.75) is 52.5 Å². The van der Waals surface area contributed by atoms with E-state index in [4.69, 9.17) is 0 Å². The summed E-state index contributed by atoms with van der Waals surface area (Å²) in [5.74, 6) is 1.09. The first kappa shape index (κ1) is 15.7. The van der Waals surface area contributed by atoms with Crippen LogP contribution in [0.4, 0.5) is 5.95 Å². The van der Waals surface area contributed by atoms with Crippen molar-refractivity contribution in [3.05, 3.63) is 18.0 Å². The van der Waals surface area contributed by atoms with Gasteiger partial charge in [-0.05, 0) is 31.6 Å². The second kappa shape index (κ2) is 7.38. The molecule has 116 valence electrons. The first-order valence-corrected chi connectivity index (χ1v) is 7.98. The van der Waals surface area contributed by atoms with Gasteiger partial charge in [-0.15, -0.1) is 0 Å². The molecule has 1 aromatic heterocycles. The van der Waals surface area contributed by atoms with Crippen LogP contribution in [0.2, 0.25) is 0 Å². The van der Waals surface area contributed by atoms with E-state index in [1.54, 1.807) is 12.4 Å². The number of carbonyl (C=O) groups excluding carboxylic acids is 1. The molecule has 21 heavy (non-hydrogen) atoms. The van der Waals surface area contributed by atoms with Crippen molar-refractivity contribution in [3.63, 3.8) is 0 Å². The number of rotatable bonds is 5. The van der Waals surface area contributed by atoms with Crippen molar-refractivity contribution >= 4 is 11.9 Å². The quantitative estimate of drug-likeness (QED) is 0.905. The summed E-state index contributed by atoms with van der Waals surface area (Å²) in [6.07, 6.45) is 8.07. The van der Waals surface area contributed by atoms with Crippen LogP contribution in [0.15, 0.2) is 12.4 Å². The van der Waals surface area contributed by atoms with Crippen LogP contribution in [0.25, 0.3) is 0 Å². The van der Waals surface area contributed by atoms with E-state index in [0.29, 0.717) is 24.1 Å². The van der Waals surface area contributed by atoms with Gasteiger partial charge in [-0.1, -0.05) is 20.8 Å². The number of anilines is 1. The average Bonchev–Trinajstić information content (AvgIpc) is 2.52. The minimum absolute atomic E-state index is 0.0964. The highest BCUT2D eigenvalue weighted by Gasteiger charge is 2.23. The summed E-state index contributed by atoms with van der Waals surface area (Å²) in [5.41, 5.74) is 0.532. The number of hydrogen-bond acceptors (Lipinski definition) is 4. The molecular formula is C16H26N4O. The lowest BCUT2D eigenvalue weighted by Gasteiger charge is -2.35. The standard InChI is InChI=1S/C16H26N4O/c1-4-14-7-5-6-8-20(14)16-18-10-13(11-19-16)15(21)17-9-12(2)3/h10-12,14H,4-9H2,1-3H3,(H,17,21). The van der Waals surface area contributed by atoms with Gasteiger partial charge in [-0.3, -0.25) is 4.79 Å². The van der Waals surface area contributed by atoms with E-state index in [2.05, 4.69) is 41.0 Å². The third kappa shape index (κ3) is 4.16. The molecule has 1 aliphatic heterocycles. The number of nitrogens with one attached hydrogen (secondary N) is 1. The van der Waals surface area contributed by atoms with E-state index in [9.17, 15) is 4.79 Å². The molecule has 0 aromatic carbocycles. The molecule has 1 unspecified atom stereocenters. The van der Waals surface area contributed by atoms with Crippen molar-refractivity contribution < 1.29 is 4.79 Å². The number of nitrogens with zero attached hydrogens (tertiary/aromatic N) is 3. The molecule has 0 bridgehead atoms. The lowest BCUT2D eigenvalue weighted by Crippen LogP contribution is -2.40. The Kier molecular flexibility index (Phi) is 5.53. The van der Waals surface area contributed by atoms with Crippen molar-refractivity contribution in [1.29, 1.82) is 0 Å². The minimum atomic E-state index is -0.0964. The van der Waals surface area contributed by atoms with Crippen LogP contribution in [-0.2, 0) is 0 Å². The highest BCUT2D eigenvalue weighted by atomic mass is 16.1. The van der Waals surface area contributed by atoms with Gasteiger partial charge in [0.05, 0.1) is 5.56 Å². The Labute approximate surface area is 127 Å². The molecule has 1 fully saturated rings. The normalized spacial score (nSPS) is 18.9. The summed E-state index contributed by atoms with van der Waals surface area (Å²) in [5, 5.41) is 2.88. The highest BCUT2D eigenvalue weighted by Crippen LogP contribution is 2.23. The summed E-state index contributed by atoms with van der Waals surface area (Å²) < 4.78 is 0. The Morgan fingerprint density at radius 2 is 2.10 bits per heavy atom. The van der Waals surface area contributed by atoms with Gasteiger partial charge < -0.3 is 10.2 Å². The Bertz CT molecular complexity index is 458. The largest absolute Gasteiger partial charge is 0.352 e. The van der Waals surface area contributed by atoms with Gasteiger partial charge in [0, 0.05) is 31.5 Å². The molecule has 1 aromatic rings. The third-order valence-corrected chi connectivity index (χ3v) is 3.93. The van der Waals surface area contributed by atoms with Crippen LogP contribution in [0.3, 0.4) is 0 Å². The Morgan fingerprint density at radius 3 is 2.71 bits per heavy atom. The van der Waals surface area contributed by atoms with Crippen LogP contribution in [0, 0.1) is 5.92 Å². The number of aromatic nitrogens is 2. The number of piperidine rings is 1. The molecule has 5 nitrogen and oxygen atoms in total. The monoisotopic (exact) mass is 290 g/mol. The molecule has 1 saturated heterocycles. The van der Waals surface area contributed by atoms with Crippen LogP contribution in [0.5, 0.6) is 0 Å². The fourth-order valence-electron chi connectivity index (χ4n) is 2.67. The molecule has 5 heteroatoms. The molecule has 2 heterocycles. The fourth-order valence-corrected chi connectivity index (χ4v) is 2.67. The Hall–Kier alpha value is -1.65. The number of carbonyl (C=O) groups is 1. The summed E-state index contributed by atoms with van der Waals surface area (Å²) in [4.78, 5) is 23.0. The first-order valence-electron chi connectivity index (χ1n) is 7.98. The summed E-state index contributed by atoms with van der Waals surface area (Å²) in [7, 11) is 0. The molecular weight excluding hydrogens is 264 g/mol. The van der Waals surface area contributed by atoms with E-state index in [-0.39, 0.29) is 5.91 Å². The highest BCUT2D eigenvalue weighted by molar-refractivity contribution is 5.93. The topological polar surface area (TPSA) is 58.1 Å². The van der Waals surface area contributed by atoms with E-state index in [1.165, 1.54) is 19.3 Å². The smallest absolute Gasteiger partial charge is 0.254 e. The van der Waals surface area contributed by atoms with Gasteiger partial charge in [0.25, 0.3) is 5.91 Å². The molecule has 0 spiro atoms. The van der Waals surface area contributed by atoms with Crippen LogP contribution in [-0.4, -0.2) is 35.0 Å². The van der Waals surface area contributed by atoms with Crippen LogP contribution in [0.1, 0.15) is 56.8 Å². The van der Waals surface area contributed by atoms with E-state index >= 15 is 0 Å². The summed E-state index contributed by atoms with van der Waals surface area (Å²) in [6.45, 7) is 8.03. The lowest BCUT2D eigenvalue weighted by atomic mass is 10.0. The molecule has 0 saturated carbocycles. The second-order valence-electron chi connectivity index (χ2n) is 6.13. The van der Waals surface area contributed by atoms with Crippen LogP contribution >= 0.6 is 0 Å². The Morgan fingerprint density at radius 1 is 1.38 bits per heavy atom. The predicted molar refractivity (Wildman–Crippen MR) is 84.5 cm³/mol. The average molecular weight is 290 g/mol. The van der Waals surface area contributed by atoms with E-state index < -0.39 is 0 Å². The number of hydrogen-bond donors (Lipinski definition) is 1. The predicted octanol–water partition coefficient (Wildman–Crippen LogP) is 2.63. The van der Waals surface area contributed by atoms with Gasteiger partial charge in [-0.2, -0.15) is 0 Å². The van der Waals surface area contributed by atoms with Gasteiger partial charge in [0.1, 0.15) is 0 Å². The summed E-state index contributed by atoms with van der Waals surface area (Å²) in [6, 6.07) is 0.527. The zero-order valence-electron chi connectivity index (χ0n) is 13.3. The van der Waals surface area contributed by atoms with E-state index in [0.717, 1.165) is 18.9 Å². The molecule has 1 N–H and O–H groups in total. The minimum Gasteiger partial charge on any atom is -0.352 e. The zero-order chi connectivity index (χ0) is 15.2. The van der Waals surface area contributed by atoms with Crippen molar-refractivity contribution in [2.75, 3.05) is 18.0 Å². The second-order valence-corrected chi connectivity index (χ2v) is 6.13. The molecule has 0 aliphatic carbocycles. The summed E-state index contributed by atoms with van der Waals surface area (Å²) >= 11 is 0. The van der Waals surface area contributed by atoms with Crippen LogP contribution < -0.4 is 10.2 Å². The fraction of sp³-hybridized carbons (Fsp3) is 0.688. The maximum Gasteiger partial charge on any atom is 0.254 e. The van der Waals surface area contributed by atoms with Crippen molar-refractivity contribution in [1.82, 2.24) is 15.3 Å². The maximum atomic E-state index is 12.0. The molecule has 0 radical (unpaired) electrons. The third-order valence-electron chi connectivity index (χ3n) is 3.93. The Balaban J connectivity index is 2.02.